The van der Waals surface area contributed by atoms with Crippen molar-refractivity contribution in [2.75, 3.05) is 5.32 Å². The van der Waals surface area contributed by atoms with Gasteiger partial charge in [-0.05, 0) is 25.5 Å². The van der Waals surface area contributed by atoms with Gasteiger partial charge in [0.25, 0.3) is 0 Å². The van der Waals surface area contributed by atoms with E-state index in [4.69, 9.17) is 0 Å². The molecule has 3 aromatic rings. The number of carbonyl (C=O) groups excluding carboxylic acids is 1. The van der Waals surface area contributed by atoms with Gasteiger partial charge in [-0.3, -0.25) is 9.48 Å². The van der Waals surface area contributed by atoms with Crippen LogP contribution in [-0.4, -0.2) is 20.7 Å². The molecule has 2 heterocycles. The monoisotopic (exact) mass is 300 g/mol. The molecule has 0 saturated heterocycles. The molecular formula is C15H16N4OS. The highest BCUT2D eigenvalue weighted by Crippen LogP contribution is 2.18. The number of anilines is 1. The lowest BCUT2D eigenvalue weighted by Gasteiger charge is -2.04. The lowest BCUT2D eigenvalue weighted by Crippen LogP contribution is -2.14. The summed E-state index contributed by atoms with van der Waals surface area (Å²) in [6.07, 6.45) is 3.96. The van der Waals surface area contributed by atoms with Crippen molar-refractivity contribution >= 4 is 33.3 Å². The third-order valence-corrected chi connectivity index (χ3v) is 4.05. The number of aryl methyl sites for hydroxylation is 3. The van der Waals surface area contributed by atoms with Gasteiger partial charge in [-0.25, -0.2) is 4.98 Å². The predicted octanol–water partition coefficient (Wildman–Crippen LogP) is 3.14. The molecular weight excluding hydrogens is 284 g/mol. The Hall–Kier alpha value is -2.21. The average Bonchev–Trinajstić information content (AvgIpc) is 3.03. The second-order valence-electron chi connectivity index (χ2n) is 5.00. The van der Waals surface area contributed by atoms with E-state index in [9.17, 15) is 4.79 Å². The van der Waals surface area contributed by atoms with Gasteiger partial charge in [-0.1, -0.05) is 12.1 Å². The summed E-state index contributed by atoms with van der Waals surface area (Å²) >= 11 is 1.48. The largest absolute Gasteiger partial charge is 0.302 e. The van der Waals surface area contributed by atoms with Gasteiger partial charge in [-0.2, -0.15) is 5.10 Å². The number of hydrogen-bond donors (Lipinski definition) is 1. The van der Waals surface area contributed by atoms with E-state index in [2.05, 4.69) is 27.5 Å². The molecule has 0 saturated carbocycles. The second kappa shape index (κ2) is 5.65. The molecule has 0 spiro atoms. The summed E-state index contributed by atoms with van der Waals surface area (Å²) in [4.78, 5) is 17.1. The van der Waals surface area contributed by atoms with Crippen LogP contribution in [0, 0.1) is 13.8 Å². The number of benzene rings is 1. The van der Waals surface area contributed by atoms with Gasteiger partial charge in [0.2, 0.25) is 5.91 Å². The molecule has 6 heteroatoms. The molecule has 5 nitrogen and oxygen atoms in total. The normalized spacial score (nSPS) is 11.0. The molecule has 1 N–H and O–H groups in total. The van der Waals surface area contributed by atoms with E-state index >= 15 is 0 Å². The zero-order valence-electron chi connectivity index (χ0n) is 12.0. The van der Waals surface area contributed by atoms with Crippen molar-refractivity contribution in [2.24, 2.45) is 0 Å². The number of hydrogen-bond acceptors (Lipinski definition) is 4. The Morgan fingerprint density at radius 2 is 2.19 bits per heavy atom. The topological polar surface area (TPSA) is 59.8 Å². The van der Waals surface area contributed by atoms with Crippen LogP contribution in [0.3, 0.4) is 0 Å². The molecule has 108 valence electrons. The van der Waals surface area contributed by atoms with E-state index in [0.717, 1.165) is 15.8 Å². The van der Waals surface area contributed by atoms with Gasteiger partial charge in [0.05, 0.1) is 18.3 Å². The smallest absolute Gasteiger partial charge is 0.228 e. The molecule has 1 aromatic carbocycles. The van der Waals surface area contributed by atoms with Gasteiger partial charge in [0, 0.05) is 22.9 Å². The van der Waals surface area contributed by atoms with Crippen LogP contribution in [0.25, 0.3) is 10.9 Å². The Bertz CT molecular complexity index is 790. The third-order valence-electron chi connectivity index (χ3n) is 3.22. The number of rotatable bonds is 4. The average molecular weight is 300 g/mol. The lowest BCUT2D eigenvalue weighted by molar-refractivity contribution is -0.116. The van der Waals surface area contributed by atoms with E-state index in [1.165, 1.54) is 16.9 Å². The van der Waals surface area contributed by atoms with Crippen LogP contribution in [0.4, 0.5) is 5.13 Å². The first-order chi connectivity index (χ1) is 10.1. The summed E-state index contributed by atoms with van der Waals surface area (Å²) in [6.45, 7) is 4.57. The van der Waals surface area contributed by atoms with Crippen molar-refractivity contribution in [3.05, 3.63) is 41.0 Å². The summed E-state index contributed by atoms with van der Waals surface area (Å²) in [5.41, 5.74) is 2.25. The van der Waals surface area contributed by atoms with Gasteiger partial charge in [0.1, 0.15) is 0 Å². The molecule has 0 radical (unpaired) electrons. The second-order valence-corrected chi connectivity index (χ2v) is 6.24. The molecule has 0 bridgehead atoms. The Labute approximate surface area is 126 Å². The molecule has 0 aliphatic heterocycles. The Morgan fingerprint density at radius 3 is 2.95 bits per heavy atom. The number of amides is 1. The first-order valence-electron chi connectivity index (χ1n) is 6.76. The van der Waals surface area contributed by atoms with Crippen LogP contribution in [-0.2, 0) is 11.3 Å². The first kappa shape index (κ1) is 13.8. The van der Waals surface area contributed by atoms with Crippen molar-refractivity contribution < 1.29 is 4.79 Å². The summed E-state index contributed by atoms with van der Waals surface area (Å²) in [6, 6.07) is 6.20. The molecule has 1 amide bonds. The lowest BCUT2D eigenvalue weighted by atomic mass is 10.2. The standard InChI is InChI=1S/C15H16N4OS/c1-10-3-4-12-9-17-19(13(12)7-10)6-5-14(20)18-15-16-8-11(2)21-15/h3-4,7-9H,5-6H2,1-2H3,(H,16,18,20). The Morgan fingerprint density at radius 1 is 1.33 bits per heavy atom. The molecule has 0 unspecified atom stereocenters. The number of nitrogens with one attached hydrogen (secondary N) is 1. The zero-order valence-corrected chi connectivity index (χ0v) is 12.8. The van der Waals surface area contributed by atoms with Crippen molar-refractivity contribution in [3.8, 4) is 0 Å². The van der Waals surface area contributed by atoms with Crippen LogP contribution in [0.2, 0.25) is 0 Å². The quantitative estimate of drug-likeness (QED) is 0.805. The third kappa shape index (κ3) is 3.11. The molecule has 0 atom stereocenters. The molecule has 0 aliphatic carbocycles. The fraction of sp³-hybridized carbons (Fsp3) is 0.267. The maximum Gasteiger partial charge on any atom is 0.228 e. The number of fused-ring (bicyclic) bond motifs is 1. The van der Waals surface area contributed by atoms with Crippen LogP contribution >= 0.6 is 11.3 Å². The van der Waals surface area contributed by atoms with Gasteiger partial charge in [-0.15, -0.1) is 11.3 Å². The highest BCUT2D eigenvalue weighted by atomic mass is 32.1. The number of thiazole rings is 1. The van der Waals surface area contributed by atoms with Gasteiger partial charge in [0.15, 0.2) is 5.13 Å². The summed E-state index contributed by atoms with van der Waals surface area (Å²) < 4.78 is 1.87. The van der Waals surface area contributed by atoms with E-state index in [1.54, 1.807) is 6.20 Å². The SMILES string of the molecule is Cc1ccc2cnn(CCC(=O)Nc3ncc(C)s3)c2c1. The van der Waals surface area contributed by atoms with Crippen molar-refractivity contribution in [1.82, 2.24) is 14.8 Å². The van der Waals surface area contributed by atoms with Crippen molar-refractivity contribution in [2.45, 2.75) is 26.8 Å². The molecule has 0 aliphatic rings. The Kier molecular flexibility index (Phi) is 3.70. The minimum absolute atomic E-state index is 0.0411. The van der Waals surface area contributed by atoms with Crippen LogP contribution in [0.15, 0.2) is 30.6 Å². The highest BCUT2D eigenvalue weighted by Gasteiger charge is 2.08. The summed E-state index contributed by atoms with van der Waals surface area (Å²) in [5.74, 6) is -0.0411. The fourth-order valence-corrected chi connectivity index (χ4v) is 2.84. The summed E-state index contributed by atoms with van der Waals surface area (Å²) in [7, 11) is 0. The minimum Gasteiger partial charge on any atom is -0.302 e. The Balaban J connectivity index is 1.66. The summed E-state index contributed by atoms with van der Waals surface area (Å²) in [5, 5.41) is 8.90. The minimum atomic E-state index is -0.0411. The maximum absolute atomic E-state index is 11.9. The van der Waals surface area contributed by atoms with E-state index in [0.29, 0.717) is 18.1 Å². The van der Waals surface area contributed by atoms with E-state index in [1.807, 2.05) is 30.8 Å². The van der Waals surface area contributed by atoms with Gasteiger partial charge >= 0.3 is 0 Å². The predicted molar refractivity (Wildman–Crippen MR) is 84.6 cm³/mol. The number of nitrogens with zero attached hydrogens (tertiary/aromatic N) is 3. The highest BCUT2D eigenvalue weighted by molar-refractivity contribution is 7.15. The molecule has 2 aromatic heterocycles. The van der Waals surface area contributed by atoms with Crippen LogP contribution in [0.1, 0.15) is 16.9 Å². The van der Waals surface area contributed by atoms with Crippen LogP contribution < -0.4 is 5.32 Å². The number of aromatic nitrogens is 3. The fourth-order valence-electron chi connectivity index (χ4n) is 2.16. The number of carbonyl (C=O) groups is 1. The van der Waals surface area contributed by atoms with Gasteiger partial charge < -0.3 is 5.32 Å². The first-order valence-corrected chi connectivity index (χ1v) is 7.58. The molecule has 21 heavy (non-hydrogen) atoms. The van der Waals surface area contributed by atoms with E-state index < -0.39 is 0 Å². The molecule has 3 rings (SSSR count). The van der Waals surface area contributed by atoms with Crippen LogP contribution in [0.5, 0.6) is 0 Å². The van der Waals surface area contributed by atoms with E-state index in [-0.39, 0.29) is 5.91 Å². The molecule has 0 fully saturated rings. The van der Waals surface area contributed by atoms with Crippen molar-refractivity contribution in [3.63, 3.8) is 0 Å². The zero-order chi connectivity index (χ0) is 14.8. The van der Waals surface area contributed by atoms with Crippen molar-refractivity contribution in [1.29, 1.82) is 0 Å². The maximum atomic E-state index is 11.9.